The van der Waals surface area contributed by atoms with Crippen molar-refractivity contribution < 1.29 is 19.9 Å². The second-order valence-electron chi connectivity index (χ2n) is 6.87. The fourth-order valence-electron chi connectivity index (χ4n) is 3.24. The van der Waals surface area contributed by atoms with E-state index in [0.717, 1.165) is 37.1 Å². The SMILES string of the molecule is O[C@H](C[NH2+]C[C@@H]1CCCO1)COC(c1ccc(Cl)cc1)c1ccc(Cl)cc1. The molecule has 0 aliphatic carbocycles. The Hall–Kier alpha value is -1.14. The Bertz CT molecular complexity index is 642. The first-order valence-corrected chi connectivity index (χ1v) is 10.1. The number of nitrogens with two attached hydrogens (primary N) is 1. The van der Waals surface area contributed by atoms with Crippen LogP contribution >= 0.6 is 23.2 Å². The van der Waals surface area contributed by atoms with E-state index in [1.165, 1.54) is 0 Å². The van der Waals surface area contributed by atoms with Crippen molar-refractivity contribution in [1.82, 2.24) is 0 Å². The van der Waals surface area contributed by atoms with Gasteiger partial charge in [0.05, 0.1) is 6.61 Å². The Labute approximate surface area is 170 Å². The van der Waals surface area contributed by atoms with Gasteiger partial charge in [0, 0.05) is 16.7 Å². The maximum atomic E-state index is 10.3. The summed E-state index contributed by atoms with van der Waals surface area (Å²) in [5.41, 5.74) is 1.97. The van der Waals surface area contributed by atoms with Crippen molar-refractivity contribution >= 4 is 23.2 Å². The second kappa shape index (κ2) is 10.4. The van der Waals surface area contributed by atoms with Gasteiger partial charge in [-0.05, 0) is 48.2 Å². The lowest BCUT2D eigenvalue weighted by Gasteiger charge is -2.21. The van der Waals surface area contributed by atoms with Crippen LogP contribution in [-0.4, -0.2) is 43.6 Å². The summed E-state index contributed by atoms with van der Waals surface area (Å²) in [6.07, 6.45) is 1.72. The van der Waals surface area contributed by atoms with E-state index in [1.54, 1.807) is 0 Å². The summed E-state index contributed by atoms with van der Waals surface area (Å²) in [6, 6.07) is 15.1. The summed E-state index contributed by atoms with van der Waals surface area (Å²) in [6.45, 7) is 2.58. The van der Waals surface area contributed by atoms with E-state index in [0.29, 0.717) is 22.7 Å². The van der Waals surface area contributed by atoms with Crippen LogP contribution in [0.1, 0.15) is 30.1 Å². The smallest absolute Gasteiger partial charge is 0.126 e. The first-order valence-electron chi connectivity index (χ1n) is 9.35. The largest absolute Gasteiger partial charge is 0.385 e. The minimum absolute atomic E-state index is 0.248. The monoisotopic (exact) mass is 410 g/mol. The minimum Gasteiger partial charge on any atom is -0.385 e. The molecule has 1 aliphatic rings. The molecule has 0 spiro atoms. The number of ether oxygens (including phenoxy) is 2. The highest BCUT2D eigenvalue weighted by Crippen LogP contribution is 2.28. The van der Waals surface area contributed by atoms with E-state index >= 15 is 0 Å². The molecule has 0 bridgehead atoms. The van der Waals surface area contributed by atoms with Crippen LogP contribution in [0.2, 0.25) is 10.0 Å². The molecule has 3 rings (SSSR count). The standard InChI is InChI=1S/C21H25Cl2NO3/c22-17-7-3-15(4-8-17)21(16-5-9-18(23)10-6-16)27-14-19(25)12-24-13-20-2-1-11-26-20/h3-10,19-21,24-25H,1-2,11-14H2/p+1/t19-,20+/m1/s1. The lowest BCUT2D eigenvalue weighted by molar-refractivity contribution is -0.667. The molecule has 2 aromatic rings. The average molecular weight is 411 g/mol. The molecule has 6 heteroatoms. The highest BCUT2D eigenvalue weighted by molar-refractivity contribution is 6.30. The maximum absolute atomic E-state index is 10.3. The number of aliphatic hydroxyl groups is 1. The molecule has 2 aromatic carbocycles. The van der Waals surface area contributed by atoms with Crippen LogP contribution in [0.3, 0.4) is 0 Å². The van der Waals surface area contributed by atoms with Gasteiger partial charge >= 0.3 is 0 Å². The Morgan fingerprint density at radius 2 is 1.63 bits per heavy atom. The third-order valence-electron chi connectivity index (χ3n) is 4.69. The minimum atomic E-state index is -0.548. The van der Waals surface area contributed by atoms with E-state index in [1.807, 2.05) is 48.5 Å². The molecule has 0 aromatic heterocycles. The molecule has 0 radical (unpaired) electrons. The number of quaternary nitrogens is 1. The molecule has 3 N–H and O–H groups in total. The van der Waals surface area contributed by atoms with Gasteiger partial charge in [0.2, 0.25) is 0 Å². The molecular formula is C21H26Cl2NO3+. The van der Waals surface area contributed by atoms with Crippen LogP contribution in [0, 0.1) is 0 Å². The van der Waals surface area contributed by atoms with E-state index in [4.69, 9.17) is 32.7 Å². The van der Waals surface area contributed by atoms with Gasteiger partial charge in [-0.1, -0.05) is 47.5 Å². The van der Waals surface area contributed by atoms with Gasteiger partial charge in [-0.3, -0.25) is 0 Å². The quantitative estimate of drug-likeness (QED) is 0.667. The number of halogens is 2. The highest BCUT2D eigenvalue weighted by Gasteiger charge is 2.20. The molecular weight excluding hydrogens is 385 g/mol. The lowest BCUT2D eigenvalue weighted by Crippen LogP contribution is -2.88. The summed E-state index contributed by atoms with van der Waals surface area (Å²) in [5.74, 6) is 0. The predicted molar refractivity (Wildman–Crippen MR) is 107 cm³/mol. The molecule has 27 heavy (non-hydrogen) atoms. The van der Waals surface area contributed by atoms with Crippen LogP contribution in [0.5, 0.6) is 0 Å². The Morgan fingerprint density at radius 3 is 2.15 bits per heavy atom. The second-order valence-corrected chi connectivity index (χ2v) is 7.74. The van der Waals surface area contributed by atoms with Gasteiger partial charge in [0.25, 0.3) is 0 Å². The van der Waals surface area contributed by atoms with E-state index in [2.05, 4.69) is 5.32 Å². The molecule has 1 heterocycles. The van der Waals surface area contributed by atoms with Crippen molar-refractivity contribution in [1.29, 1.82) is 0 Å². The zero-order valence-electron chi connectivity index (χ0n) is 15.2. The first kappa shape index (κ1) is 20.6. The van der Waals surface area contributed by atoms with E-state index in [9.17, 15) is 5.11 Å². The summed E-state index contributed by atoms with van der Waals surface area (Å²) in [4.78, 5) is 0. The van der Waals surface area contributed by atoms with Crippen LogP contribution in [0.4, 0.5) is 0 Å². The van der Waals surface area contributed by atoms with Crippen LogP contribution in [0.25, 0.3) is 0 Å². The van der Waals surface area contributed by atoms with Crippen molar-refractivity contribution in [2.75, 3.05) is 26.3 Å². The Balaban J connectivity index is 1.57. The summed E-state index contributed by atoms with van der Waals surface area (Å²) in [7, 11) is 0. The molecule has 146 valence electrons. The Kier molecular flexibility index (Phi) is 7.94. The predicted octanol–water partition coefficient (Wildman–Crippen LogP) is 3.20. The van der Waals surface area contributed by atoms with Gasteiger partial charge in [0.1, 0.15) is 31.4 Å². The van der Waals surface area contributed by atoms with Crippen LogP contribution < -0.4 is 5.32 Å². The van der Waals surface area contributed by atoms with Gasteiger partial charge in [-0.25, -0.2) is 0 Å². The normalized spacial score (nSPS) is 18.1. The summed E-state index contributed by atoms with van der Waals surface area (Å²) < 4.78 is 11.7. The first-order chi connectivity index (χ1) is 13.1. The molecule has 0 amide bonds. The van der Waals surface area contributed by atoms with Gasteiger partial charge < -0.3 is 19.9 Å². The van der Waals surface area contributed by atoms with Crippen molar-refractivity contribution in [2.45, 2.75) is 31.2 Å². The molecule has 1 fully saturated rings. The lowest BCUT2D eigenvalue weighted by atomic mass is 10.0. The van der Waals surface area contributed by atoms with Gasteiger partial charge in [-0.2, -0.15) is 0 Å². The number of rotatable bonds is 9. The van der Waals surface area contributed by atoms with Crippen LogP contribution in [-0.2, 0) is 9.47 Å². The molecule has 0 unspecified atom stereocenters. The van der Waals surface area contributed by atoms with Crippen LogP contribution in [0.15, 0.2) is 48.5 Å². The molecule has 4 nitrogen and oxygen atoms in total. The molecule has 1 saturated heterocycles. The van der Waals surface area contributed by atoms with E-state index < -0.39 is 6.10 Å². The summed E-state index contributed by atoms with van der Waals surface area (Å²) >= 11 is 12.0. The third kappa shape index (κ3) is 6.46. The van der Waals surface area contributed by atoms with Crippen molar-refractivity contribution in [3.05, 3.63) is 69.7 Å². The maximum Gasteiger partial charge on any atom is 0.126 e. The average Bonchev–Trinajstić information content (AvgIpc) is 3.18. The summed E-state index contributed by atoms with van der Waals surface area (Å²) in [5, 5.41) is 13.8. The fraction of sp³-hybridized carbons (Fsp3) is 0.429. The number of aliphatic hydroxyl groups excluding tert-OH is 1. The van der Waals surface area contributed by atoms with Gasteiger partial charge in [0.15, 0.2) is 0 Å². The zero-order valence-corrected chi connectivity index (χ0v) is 16.7. The van der Waals surface area contributed by atoms with E-state index in [-0.39, 0.29) is 12.7 Å². The number of hydrogen-bond acceptors (Lipinski definition) is 3. The van der Waals surface area contributed by atoms with Gasteiger partial charge in [-0.15, -0.1) is 0 Å². The topological polar surface area (TPSA) is 55.3 Å². The van der Waals surface area contributed by atoms with Crippen molar-refractivity contribution in [2.24, 2.45) is 0 Å². The van der Waals surface area contributed by atoms with Crippen molar-refractivity contribution in [3.63, 3.8) is 0 Å². The third-order valence-corrected chi connectivity index (χ3v) is 5.20. The highest BCUT2D eigenvalue weighted by atomic mass is 35.5. The number of hydrogen-bond donors (Lipinski definition) is 2. The zero-order chi connectivity index (χ0) is 19.1. The molecule has 0 saturated carbocycles. The number of benzene rings is 2. The molecule has 1 aliphatic heterocycles. The van der Waals surface area contributed by atoms with Crippen molar-refractivity contribution in [3.8, 4) is 0 Å². The molecule has 2 atom stereocenters. The Morgan fingerprint density at radius 1 is 1.04 bits per heavy atom. The fourth-order valence-corrected chi connectivity index (χ4v) is 3.49.